The van der Waals surface area contributed by atoms with Gasteiger partial charge in [0, 0.05) is 0 Å². The number of imidazole rings is 1. The van der Waals surface area contributed by atoms with Gasteiger partial charge in [0.1, 0.15) is 5.75 Å². The molecule has 4 nitrogen and oxygen atoms in total. The number of hydrogen-bond donors (Lipinski definition) is 1. The SMILES string of the molecule is Cc1ccc(OC(=O)c2ccc3nc[nH]c3c2)cc1C. The summed E-state index contributed by atoms with van der Waals surface area (Å²) in [5.74, 6) is 0.188. The highest BCUT2D eigenvalue weighted by atomic mass is 16.5. The topological polar surface area (TPSA) is 55.0 Å². The molecule has 0 unspecified atom stereocenters. The third kappa shape index (κ3) is 2.28. The minimum Gasteiger partial charge on any atom is -0.423 e. The summed E-state index contributed by atoms with van der Waals surface area (Å²) in [5.41, 5.74) is 4.41. The van der Waals surface area contributed by atoms with Crippen LogP contribution in [0.1, 0.15) is 21.5 Å². The van der Waals surface area contributed by atoms with Gasteiger partial charge >= 0.3 is 5.97 Å². The molecule has 0 radical (unpaired) electrons. The Hall–Kier alpha value is -2.62. The number of esters is 1. The molecule has 0 aliphatic heterocycles. The maximum atomic E-state index is 12.1. The number of nitrogens with zero attached hydrogens (tertiary/aromatic N) is 1. The predicted molar refractivity (Wildman–Crippen MR) is 77.0 cm³/mol. The van der Waals surface area contributed by atoms with Crippen LogP contribution in [0, 0.1) is 13.8 Å². The number of aromatic nitrogens is 2. The molecule has 2 aromatic carbocycles. The molecule has 0 aliphatic rings. The Morgan fingerprint density at radius 1 is 1.10 bits per heavy atom. The van der Waals surface area contributed by atoms with Gasteiger partial charge in [-0.05, 0) is 55.3 Å². The fraction of sp³-hybridized carbons (Fsp3) is 0.125. The minimum atomic E-state index is -0.371. The zero-order valence-corrected chi connectivity index (χ0v) is 11.3. The molecule has 0 spiro atoms. The molecule has 3 aromatic rings. The van der Waals surface area contributed by atoms with Crippen molar-refractivity contribution in [2.75, 3.05) is 0 Å². The molecule has 20 heavy (non-hydrogen) atoms. The summed E-state index contributed by atoms with van der Waals surface area (Å²) >= 11 is 0. The number of H-pyrrole nitrogens is 1. The lowest BCUT2D eigenvalue weighted by Gasteiger charge is -2.06. The van der Waals surface area contributed by atoms with E-state index in [0.29, 0.717) is 11.3 Å². The first-order valence-electron chi connectivity index (χ1n) is 6.36. The first-order chi connectivity index (χ1) is 9.63. The van der Waals surface area contributed by atoms with E-state index in [1.165, 1.54) is 5.56 Å². The van der Waals surface area contributed by atoms with Crippen molar-refractivity contribution in [3.63, 3.8) is 0 Å². The van der Waals surface area contributed by atoms with E-state index in [1.54, 1.807) is 30.6 Å². The van der Waals surface area contributed by atoms with E-state index in [0.717, 1.165) is 16.6 Å². The fourth-order valence-corrected chi connectivity index (χ4v) is 2.01. The van der Waals surface area contributed by atoms with Crippen molar-refractivity contribution in [1.29, 1.82) is 0 Å². The van der Waals surface area contributed by atoms with E-state index >= 15 is 0 Å². The maximum Gasteiger partial charge on any atom is 0.343 e. The smallest absolute Gasteiger partial charge is 0.343 e. The molecule has 0 bridgehead atoms. The molecule has 0 saturated carbocycles. The highest BCUT2D eigenvalue weighted by molar-refractivity contribution is 5.94. The van der Waals surface area contributed by atoms with Crippen LogP contribution >= 0.6 is 0 Å². The first kappa shape index (κ1) is 12.4. The second kappa shape index (κ2) is 4.81. The van der Waals surface area contributed by atoms with Crippen LogP contribution < -0.4 is 4.74 Å². The van der Waals surface area contributed by atoms with E-state index in [-0.39, 0.29) is 5.97 Å². The average Bonchev–Trinajstić information content (AvgIpc) is 2.90. The fourth-order valence-electron chi connectivity index (χ4n) is 2.01. The predicted octanol–water partition coefficient (Wildman–Crippen LogP) is 3.40. The number of carbonyl (C=O) groups excluding carboxylic acids is 1. The van der Waals surface area contributed by atoms with Crippen LogP contribution in [0.25, 0.3) is 11.0 Å². The van der Waals surface area contributed by atoms with Crippen molar-refractivity contribution in [1.82, 2.24) is 9.97 Å². The largest absolute Gasteiger partial charge is 0.423 e. The number of benzene rings is 2. The third-order valence-electron chi connectivity index (χ3n) is 3.34. The molecule has 3 rings (SSSR count). The summed E-state index contributed by atoms with van der Waals surface area (Å²) in [4.78, 5) is 19.2. The first-order valence-corrected chi connectivity index (χ1v) is 6.36. The molecule has 0 aliphatic carbocycles. The minimum absolute atomic E-state index is 0.371. The monoisotopic (exact) mass is 266 g/mol. The van der Waals surface area contributed by atoms with Crippen molar-refractivity contribution < 1.29 is 9.53 Å². The second-order valence-electron chi connectivity index (χ2n) is 4.77. The van der Waals surface area contributed by atoms with Gasteiger partial charge in [-0.1, -0.05) is 6.07 Å². The number of aromatic amines is 1. The van der Waals surface area contributed by atoms with Gasteiger partial charge in [-0.15, -0.1) is 0 Å². The van der Waals surface area contributed by atoms with Crippen LogP contribution in [-0.4, -0.2) is 15.9 Å². The van der Waals surface area contributed by atoms with E-state index in [9.17, 15) is 4.79 Å². The van der Waals surface area contributed by atoms with Gasteiger partial charge in [0.05, 0.1) is 22.9 Å². The van der Waals surface area contributed by atoms with Gasteiger partial charge in [-0.3, -0.25) is 0 Å². The number of rotatable bonds is 2. The lowest BCUT2D eigenvalue weighted by atomic mass is 10.1. The van der Waals surface area contributed by atoms with E-state index in [4.69, 9.17) is 4.74 Å². The van der Waals surface area contributed by atoms with Gasteiger partial charge in [0.15, 0.2) is 0 Å². The summed E-state index contributed by atoms with van der Waals surface area (Å²) in [6.45, 7) is 4.01. The normalized spacial score (nSPS) is 10.7. The number of hydrogen-bond acceptors (Lipinski definition) is 3. The molecule has 4 heteroatoms. The van der Waals surface area contributed by atoms with Crippen LogP contribution in [0.15, 0.2) is 42.7 Å². The Labute approximate surface area is 116 Å². The lowest BCUT2D eigenvalue weighted by molar-refractivity contribution is 0.0735. The second-order valence-corrected chi connectivity index (χ2v) is 4.77. The molecule has 0 amide bonds. The van der Waals surface area contributed by atoms with Crippen LogP contribution in [0.3, 0.4) is 0 Å². The molecule has 1 N–H and O–H groups in total. The molecule has 0 atom stereocenters. The Bertz CT molecular complexity index is 790. The molecule has 100 valence electrons. The Morgan fingerprint density at radius 2 is 1.95 bits per heavy atom. The van der Waals surface area contributed by atoms with Crippen molar-refractivity contribution in [3.05, 3.63) is 59.4 Å². The van der Waals surface area contributed by atoms with Crippen molar-refractivity contribution in [2.45, 2.75) is 13.8 Å². The van der Waals surface area contributed by atoms with Gasteiger partial charge in [-0.25, -0.2) is 9.78 Å². The summed E-state index contributed by atoms with van der Waals surface area (Å²) in [5, 5.41) is 0. The molecule has 1 aromatic heterocycles. The molecule has 0 saturated heterocycles. The maximum absolute atomic E-state index is 12.1. The quantitative estimate of drug-likeness (QED) is 0.571. The van der Waals surface area contributed by atoms with Crippen LogP contribution in [-0.2, 0) is 0 Å². The van der Waals surface area contributed by atoms with Gasteiger partial charge < -0.3 is 9.72 Å². The average molecular weight is 266 g/mol. The molecular weight excluding hydrogens is 252 g/mol. The van der Waals surface area contributed by atoms with E-state index in [1.807, 2.05) is 26.0 Å². The third-order valence-corrected chi connectivity index (χ3v) is 3.34. The van der Waals surface area contributed by atoms with Gasteiger partial charge in [0.25, 0.3) is 0 Å². The van der Waals surface area contributed by atoms with E-state index in [2.05, 4.69) is 9.97 Å². The summed E-state index contributed by atoms with van der Waals surface area (Å²) in [6.07, 6.45) is 1.60. The number of fused-ring (bicyclic) bond motifs is 1. The summed E-state index contributed by atoms with van der Waals surface area (Å²) < 4.78 is 5.39. The van der Waals surface area contributed by atoms with Crippen molar-refractivity contribution in [3.8, 4) is 5.75 Å². The Balaban J connectivity index is 1.86. The van der Waals surface area contributed by atoms with E-state index < -0.39 is 0 Å². The summed E-state index contributed by atoms with van der Waals surface area (Å²) in [6, 6.07) is 10.9. The van der Waals surface area contributed by atoms with Crippen molar-refractivity contribution in [2.24, 2.45) is 0 Å². The Morgan fingerprint density at radius 3 is 2.75 bits per heavy atom. The standard InChI is InChI=1S/C16H14N2O2/c1-10-3-5-13(7-11(10)2)20-16(19)12-4-6-14-15(8-12)18-9-17-14/h3-9H,1-2H3,(H,17,18). The number of carbonyl (C=O) groups is 1. The lowest BCUT2D eigenvalue weighted by Crippen LogP contribution is -2.08. The zero-order valence-electron chi connectivity index (χ0n) is 11.3. The zero-order chi connectivity index (χ0) is 14.1. The summed E-state index contributed by atoms with van der Waals surface area (Å²) in [7, 11) is 0. The number of nitrogens with one attached hydrogen (secondary N) is 1. The van der Waals surface area contributed by atoms with Crippen LogP contribution in [0.5, 0.6) is 5.75 Å². The molecule has 1 heterocycles. The van der Waals surface area contributed by atoms with Gasteiger partial charge in [-0.2, -0.15) is 0 Å². The Kier molecular flexibility index (Phi) is 2.99. The number of ether oxygens (including phenoxy) is 1. The van der Waals surface area contributed by atoms with Crippen LogP contribution in [0.2, 0.25) is 0 Å². The van der Waals surface area contributed by atoms with Gasteiger partial charge in [0.2, 0.25) is 0 Å². The highest BCUT2D eigenvalue weighted by Crippen LogP contribution is 2.19. The van der Waals surface area contributed by atoms with Crippen LogP contribution in [0.4, 0.5) is 0 Å². The molecular formula is C16H14N2O2. The molecule has 0 fully saturated rings. The number of aryl methyl sites for hydroxylation is 2. The van der Waals surface area contributed by atoms with Crippen molar-refractivity contribution >= 4 is 17.0 Å². The highest BCUT2D eigenvalue weighted by Gasteiger charge is 2.10.